The van der Waals surface area contributed by atoms with Crippen molar-refractivity contribution in [2.24, 2.45) is 0 Å². The minimum absolute atomic E-state index is 0.345. The van der Waals surface area contributed by atoms with Gasteiger partial charge in [-0.25, -0.2) is 4.79 Å². The maximum atomic E-state index is 11.1. The first-order valence-corrected chi connectivity index (χ1v) is 5.08. The molecule has 0 unspecified atom stereocenters. The lowest BCUT2D eigenvalue weighted by molar-refractivity contribution is -0.137. The molecule has 16 heavy (non-hydrogen) atoms. The van der Waals surface area contributed by atoms with Crippen LogP contribution in [0.15, 0.2) is 24.3 Å². The second kappa shape index (κ2) is 5.85. The molecule has 3 nitrogen and oxygen atoms in total. The van der Waals surface area contributed by atoms with E-state index in [0.717, 1.165) is 17.4 Å². The second-order valence-corrected chi connectivity index (χ2v) is 3.34. The first-order chi connectivity index (χ1) is 7.67. The van der Waals surface area contributed by atoms with Crippen molar-refractivity contribution in [3.05, 3.63) is 41.0 Å². The topological polar surface area (TPSA) is 43.4 Å². The number of hydrogen-bond acceptors (Lipinski definition) is 3. The van der Waals surface area contributed by atoms with Crippen molar-refractivity contribution in [2.75, 3.05) is 6.61 Å². The summed E-state index contributed by atoms with van der Waals surface area (Å²) in [5, 5.41) is 0. The Bertz CT molecular complexity index is 419. The van der Waals surface area contributed by atoms with Gasteiger partial charge in [-0.3, -0.25) is 4.79 Å². The summed E-state index contributed by atoms with van der Waals surface area (Å²) in [6.45, 7) is 4.02. The van der Waals surface area contributed by atoms with Crippen LogP contribution in [0.1, 0.15) is 28.4 Å². The van der Waals surface area contributed by atoms with Crippen molar-refractivity contribution in [1.29, 1.82) is 0 Å². The van der Waals surface area contributed by atoms with Gasteiger partial charge in [-0.1, -0.05) is 23.8 Å². The summed E-state index contributed by atoms with van der Waals surface area (Å²) in [6, 6.07) is 5.43. The quantitative estimate of drug-likeness (QED) is 0.442. The third-order valence-corrected chi connectivity index (χ3v) is 2.05. The molecule has 0 fully saturated rings. The maximum Gasteiger partial charge on any atom is 0.330 e. The maximum absolute atomic E-state index is 11.1. The summed E-state index contributed by atoms with van der Waals surface area (Å²) in [6.07, 6.45) is 3.68. The summed E-state index contributed by atoms with van der Waals surface area (Å²) in [5.74, 6) is -0.402. The van der Waals surface area contributed by atoms with Crippen LogP contribution >= 0.6 is 0 Å². The smallest absolute Gasteiger partial charge is 0.330 e. The fourth-order valence-electron chi connectivity index (χ4n) is 1.29. The van der Waals surface area contributed by atoms with Crippen molar-refractivity contribution in [3.63, 3.8) is 0 Å². The second-order valence-electron chi connectivity index (χ2n) is 3.34. The largest absolute Gasteiger partial charge is 0.463 e. The molecule has 0 bridgehead atoms. The molecular weight excluding hydrogens is 204 g/mol. The van der Waals surface area contributed by atoms with E-state index in [1.807, 2.05) is 19.1 Å². The van der Waals surface area contributed by atoms with Crippen LogP contribution in [0.2, 0.25) is 0 Å². The van der Waals surface area contributed by atoms with Crippen LogP contribution in [0.3, 0.4) is 0 Å². The lowest BCUT2D eigenvalue weighted by atomic mass is 10.1. The average Bonchev–Trinajstić information content (AvgIpc) is 2.27. The molecule has 1 aromatic rings. The van der Waals surface area contributed by atoms with Gasteiger partial charge in [0.05, 0.1) is 6.61 Å². The molecule has 3 heteroatoms. The van der Waals surface area contributed by atoms with E-state index < -0.39 is 5.97 Å². The highest BCUT2D eigenvalue weighted by Crippen LogP contribution is 2.11. The fraction of sp³-hybridized carbons (Fsp3) is 0.231. The highest BCUT2D eigenvalue weighted by Gasteiger charge is 2.00. The SMILES string of the molecule is CCOC(=O)C=Cc1cc(C)ccc1C=O. The standard InChI is InChI=1S/C13H14O3/c1-3-16-13(15)7-6-11-8-10(2)4-5-12(11)9-14/h4-9H,3H2,1-2H3. The molecule has 0 atom stereocenters. The third-order valence-electron chi connectivity index (χ3n) is 2.05. The molecule has 0 aliphatic rings. The van der Waals surface area contributed by atoms with E-state index in [2.05, 4.69) is 0 Å². The molecule has 0 aromatic heterocycles. The summed E-state index contributed by atoms with van der Waals surface area (Å²) in [5.41, 5.74) is 2.32. The van der Waals surface area contributed by atoms with Crippen molar-refractivity contribution in [3.8, 4) is 0 Å². The molecule has 0 saturated carbocycles. The number of hydrogen-bond donors (Lipinski definition) is 0. The molecular formula is C13H14O3. The summed E-state index contributed by atoms with van der Waals surface area (Å²) in [4.78, 5) is 21.9. The van der Waals surface area contributed by atoms with E-state index >= 15 is 0 Å². The van der Waals surface area contributed by atoms with Crippen LogP contribution in [-0.2, 0) is 9.53 Å². The first kappa shape index (κ1) is 12.2. The van der Waals surface area contributed by atoms with Crippen LogP contribution in [-0.4, -0.2) is 18.9 Å². The molecule has 1 rings (SSSR count). The molecule has 0 aliphatic heterocycles. The Labute approximate surface area is 94.7 Å². The Morgan fingerprint density at radius 2 is 2.12 bits per heavy atom. The number of rotatable bonds is 4. The van der Waals surface area contributed by atoms with Gasteiger partial charge in [-0.05, 0) is 25.5 Å². The monoisotopic (exact) mass is 218 g/mol. The zero-order valence-corrected chi connectivity index (χ0v) is 9.40. The Hall–Kier alpha value is -1.90. The highest BCUT2D eigenvalue weighted by molar-refractivity contribution is 5.90. The van der Waals surface area contributed by atoms with Gasteiger partial charge in [0.15, 0.2) is 6.29 Å². The van der Waals surface area contributed by atoms with Crippen LogP contribution in [0.5, 0.6) is 0 Å². The number of esters is 1. The van der Waals surface area contributed by atoms with Crippen LogP contribution in [0.4, 0.5) is 0 Å². The fourth-order valence-corrected chi connectivity index (χ4v) is 1.29. The number of carbonyl (C=O) groups is 2. The zero-order valence-electron chi connectivity index (χ0n) is 9.40. The van der Waals surface area contributed by atoms with Crippen LogP contribution in [0.25, 0.3) is 6.08 Å². The van der Waals surface area contributed by atoms with Crippen molar-refractivity contribution in [1.82, 2.24) is 0 Å². The molecule has 84 valence electrons. The lowest BCUT2D eigenvalue weighted by Gasteiger charge is -2.00. The van der Waals surface area contributed by atoms with Gasteiger partial charge in [0.1, 0.15) is 0 Å². The zero-order chi connectivity index (χ0) is 12.0. The Balaban J connectivity index is 2.91. The van der Waals surface area contributed by atoms with E-state index in [1.54, 1.807) is 19.1 Å². The Kier molecular flexibility index (Phi) is 4.45. The highest BCUT2D eigenvalue weighted by atomic mass is 16.5. The van der Waals surface area contributed by atoms with Gasteiger partial charge in [-0.2, -0.15) is 0 Å². The Morgan fingerprint density at radius 1 is 1.38 bits per heavy atom. The minimum atomic E-state index is -0.402. The van der Waals surface area contributed by atoms with E-state index in [4.69, 9.17) is 4.74 Å². The summed E-state index contributed by atoms with van der Waals surface area (Å²) < 4.78 is 4.75. The number of carbonyl (C=O) groups excluding carboxylic acids is 2. The number of aryl methyl sites for hydroxylation is 1. The van der Waals surface area contributed by atoms with Gasteiger partial charge in [0.2, 0.25) is 0 Å². The van der Waals surface area contributed by atoms with Gasteiger partial charge in [0, 0.05) is 11.6 Å². The van der Waals surface area contributed by atoms with Gasteiger partial charge >= 0.3 is 5.97 Å². The predicted octanol–water partition coefficient (Wildman–Crippen LogP) is 2.38. The van der Waals surface area contributed by atoms with Gasteiger partial charge in [0.25, 0.3) is 0 Å². The first-order valence-electron chi connectivity index (χ1n) is 5.08. The average molecular weight is 218 g/mol. The van der Waals surface area contributed by atoms with E-state index in [1.165, 1.54) is 6.08 Å². The normalized spacial score (nSPS) is 10.4. The van der Waals surface area contributed by atoms with Crippen molar-refractivity contribution in [2.45, 2.75) is 13.8 Å². The van der Waals surface area contributed by atoms with Crippen molar-refractivity contribution >= 4 is 18.3 Å². The molecule has 0 spiro atoms. The molecule has 0 saturated heterocycles. The molecule has 0 aliphatic carbocycles. The molecule has 0 heterocycles. The van der Waals surface area contributed by atoms with Crippen molar-refractivity contribution < 1.29 is 14.3 Å². The minimum Gasteiger partial charge on any atom is -0.463 e. The number of ether oxygens (including phenoxy) is 1. The molecule has 0 radical (unpaired) electrons. The Morgan fingerprint density at radius 3 is 2.75 bits per heavy atom. The molecule has 0 N–H and O–H groups in total. The third kappa shape index (κ3) is 3.35. The van der Waals surface area contributed by atoms with Crippen LogP contribution in [0, 0.1) is 6.92 Å². The summed E-state index contributed by atoms with van der Waals surface area (Å²) in [7, 11) is 0. The molecule has 1 aromatic carbocycles. The van der Waals surface area contributed by atoms with Gasteiger partial charge in [-0.15, -0.1) is 0 Å². The number of benzene rings is 1. The lowest BCUT2D eigenvalue weighted by Crippen LogP contribution is -1.99. The van der Waals surface area contributed by atoms with E-state index in [9.17, 15) is 9.59 Å². The predicted molar refractivity (Wildman–Crippen MR) is 62.2 cm³/mol. The van der Waals surface area contributed by atoms with Gasteiger partial charge < -0.3 is 4.74 Å². The number of aldehydes is 1. The van der Waals surface area contributed by atoms with E-state index in [-0.39, 0.29) is 0 Å². The summed E-state index contributed by atoms with van der Waals surface area (Å²) >= 11 is 0. The molecule has 0 amide bonds. The van der Waals surface area contributed by atoms with Crippen LogP contribution < -0.4 is 0 Å². The van der Waals surface area contributed by atoms with E-state index in [0.29, 0.717) is 12.2 Å².